The van der Waals surface area contributed by atoms with Gasteiger partial charge < -0.3 is 20.0 Å². The van der Waals surface area contributed by atoms with Gasteiger partial charge in [0.2, 0.25) is 0 Å². The van der Waals surface area contributed by atoms with Crippen LogP contribution in [-0.4, -0.2) is 46.2 Å². The number of esters is 1. The second-order valence-corrected chi connectivity index (χ2v) is 9.13. The first-order valence-corrected chi connectivity index (χ1v) is 11.9. The topological polar surface area (TPSA) is 117 Å². The molecule has 5 rings (SSSR count). The molecule has 0 aliphatic rings. The van der Waals surface area contributed by atoms with Gasteiger partial charge >= 0.3 is 12.1 Å². The van der Waals surface area contributed by atoms with E-state index in [1.54, 1.807) is 24.3 Å². The number of nitrogens with zero attached hydrogens (tertiary/aromatic N) is 1. The first-order valence-electron chi connectivity index (χ1n) is 11.0. The van der Waals surface area contributed by atoms with Crippen LogP contribution >= 0.6 is 11.8 Å². The van der Waals surface area contributed by atoms with Gasteiger partial charge in [-0.2, -0.15) is 13.2 Å². The van der Waals surface area contributed by atoms with Crippen molar-refractivity contribution in [3.8, 4) is 0 Å². The molecule has 38 heavy (non-hydrogen) atoms. The summed E-state index contributed by atoms with van der Waals surface area (Å²) in [5.74, 6) is -3.34. The number of hydrogen-bond acceptors (Lipinski definition) is 6. The number of fused-ring (bicyclic) bond motifs is 6. The van der Waals surface area contributed by atoms with E-state index in [2.05, 4.69) is 25.0 Å². The molecule has 0 spiro atoms. The van der Waals surface area contributed by atoms with Crippen LogP contribution in [0.4, 0.5) is 17.6 Å². The van der Waals surface area contributed by atoms with Gasteiger partial charge in [-0.3, -0.25) is 9.59 Å². The number of carbonyl (C=O) groups excluding carboxylic acids is 2. The van der Waals surface area contributed by atoms with Gasteiger partial charge in [0.15, 0.2) is 5.16 Å². The van der Waals surface area contributed by atoms with Crippen LogP contribution in [0.2, 0.25) is 0 Å². The number of carbonyl (C=O) groups is 2. The second-order valence-electron chi connectivity index (χ2n) is 8.07. The maximum absolute atomic E-state index is 14.0. The number of pyridine rings is 1. The van der Waals surface area contributed by atoms with Crippen molar-refractivity contribution in [2.75, 3.05) is 13.2 Å². The lowest BCUT2D eigenvalue weighted by Gasteiger charge is -2.08. The van der Waals surface area contributed by atoms with E-state index in [4.69, 9.17) is 0 Å². The molecule has 3 aromatic carbocycles. The minimum Gasteiger partial charge on any atom is -0.457 e. The van der Waals surface area contributed by atoms with E-state index < -0.39 is 30.5 Å². The SMILES string of the molecule is O=C(NCCOC(=O)C(F)(F)F)c1ccc(Sc2nc3c4cc[nH]c(=O)c4c4cc(F)ccc4c3[nH]2)cc1. The highest BCUT2D eigenvalue weighted by Gasteiger charge is 2.40. The normalized spacial score (nSPS) is 11.8. The fraction of sp³-hybridized carbons (Fsp3) is 0.120. The quantitative estimate of drug-likeness (QED) is 0.124. The third-order valence-electron chi connectivity index (χ3n) is 5.60. The summed E-state index contributed by atoms with van der Waals surface area (Å²) in [6, 6.07) is 12.3. The van der Waals surface area contributed by atoms with Gasteiger partial charge in [0.05, 0.1) is 23.0 Å². The van der Waals surface area contributed by atoms with Crippen LogP contribution in [0.1, 0.15) is 10.4 Å². The molecule has 0 bridgehead atoms. The third kappa shape index (κ3) is 4.92. The molecule has 0 aliphatic carbocycles. The fourth-order valence-corrected chi connectivity index (χ4v) is 4.74. The Hall–Kier alpha value is -4.39. The Balaban J connectivity index is 1.34. The molecule has 13 heteroatoms. The van der Waals surface area contributed by atoms with Crippen LogP contribution in [0, 0.1) is 5.82 Å². The predicted molar refractivity (Wildman–Crippen MR) is 132 cm³/mol. The number of benzene rings is 3. The molecule has 0 atom stereocenters. The van der Waals surface area contributed by atoms with Gasteiger partial charge in [0.1, 0.15) is 12.4 Å². The highest BCUT2D eigenvalue weighted by molar-refractivity contribution is 7.99. The average Bonchev–Trinajstić information content (AvgIpc) is 3.30. The van der Waals surface area contributed by atoms with Crippen LogP contribution in [0.3, 0.4) is 0 Å². The Morgan fingerprint density at radius 3 is 2.53 bits per heavy atom. The summed E-state index contributed by atoms with van der Waals surface area (Å²) >= 11 is 1.26. The Morgan fingerprint density at radius 1 is 1.03 bits per heavy atom. The minimum atomic E-state index is -5.09. The minimum absolute atomic E-state index is 0.249. The highest BCUT2D eigenvalue weighted by Crippen LogP contribution is 2.35. The smallest absolute Gasteiger partial charge is 0.457 e. The first kappa shape index (κ1) is 25.3. The van der Waals surface area contributed by atoms with Crippen molar-refractivity contribution in [3.63, 3.8) is 0 Å². The molecule has 5 aromatic rings. The number of alkyl halides is 3. The second kappa shape index (κ2) is 9.82. The summed E-state index contributed by atoms with van der Waals surface area (Å²) in [5.41, 5.74) is 1.08. The van der Waals surface area contributed by atoms with Crippen molar-refractivity contribution < 1.29 is 31.9 Å². The zero-order valence-electron chi connectivity index (χ0n) is 19.1. The molecule has 8 nitrogen and oxygen atoms in total. The predicted octanol–water partition coefficient (Wildman–Crippen LogP) is 4.68. The van der Waals surface area contributed by atoms with Crippen LogP contribution in [0.15, 0.2) is 69.6 Å². The molecule has 0 aliphatic heterocycles. The Bertz CT molecular complexity index is 1760. The van der Waals surface area contributed by atoms with Gasteiger partial charge in [0.25, 0.3) is 11.5 Å². The number of amides is 1. The maximum Gasteiger partial charge on any atom is 0.490 e. The molecule has 2 heterocycles. The number of hydrogen-bond donors (Lipinski definition) is 3. The molecule has 0 radical (unpaired) electrons. The van der Waals surface area contributed by atoms with Crippen molar-refractivity contribution in [1.82, 2.24) is 20.3 Å². The first-order chi connectivity index (χ1) is 18.1. The largest absolute Gasteiger partial charge is 0.490 e. The van der Waals surface area contributed by atoms with Crippen molar-refractivity contribution >= 4 is 56.2 Å². The molecule has 0 unspecified atom stereocenters. The molecule has 0 fully saturated rings. The number of aromatic nitrogens is 3. The van der Waals surface area contributed by atoms with E-state index in [0.717, 1.165) is 4.90 Å². The zero-order valence-corrected chi connectivity index (χ0v) is 19.9. The van der Waals surface area contributed by atoms with E-state index in [0.29, 0.717) is 37.7 Å². The van der Waals surface area contributed by atoms with Crippen molar-refractivity contribution in [2.24, 2.45) is 0 Å². The van der Waals surface area contributed by atoms with E-state index in [-0.39, 0.29) is 17.7 Å². The summed E-state index contributed by atoms with van der Waals surface area (Å²) in [6.07, 6.45) is -3.59. The number of ether oxygens (including phenoxy) is 1. The number of halogens is 4. The number of H-pyrrole nitrogens is 2. The van der Waals surface area contributed by atoms with Crippen molar-refractivity contribution in [3.05, 3.63) is 76.5 Å². The summed E-state index contributed by atoms with van der Waals surface area (Å²) in [4.78, 5) is 46.7. The number of imidazole rings is 1. The lowest BCUT2D eigenvalue weighted by atomic mass is 10.0. The van der Waals surface area contributed by atoms with E-state index in [1.165, 1.54) is 42.2 Å². The van der Waals surface area contributed by atoms with Crippen LogP contribution in [0.25, 0.3) is 32.6 Å². The third-order valence-corrected chi connectivity index (χ3v) is 6.50. The van der Waals surface area contributed by atoms with E-state index >= 15 is 0 Å². The molecule has 0 saturated heterocycles. The Kier molecular flexibility index (Phi) is 6.53. The summed E-state index contributed by atoms with van der Waals surface area (Å²) < 4.78 is 54.4. The highest BCUT2D eigenvalue weighted by atomic mass is 32.2. The molecular weight excluding hydrogens is 528 g/mol. The number of rotatable bonds is 6. The number of aromatic amines is 2. The van der Waals surface area contributed by atoms with Gasteiger partial charge in [-0.1, -0.05) is 11.8 Å². The number of nitrogens with one attached hydrogen (secondary N) is 3. The molecule has 2 aromatic heterocycles. The molecule has 1 amide bonds. The fourth-order valence-electron chi connectivity index (χ4n) is 3.95. The van der Waals surface area contributed by atoms with Gasteiger partial charge in [-0.15, -0.1) is 0 Å². The lowest BCUT2D eigenvalue weighted by Crippen LogP contribution is -2.31. The van der Waals surface area contributed by atoms with E-state index in [9.17, 15) is 31.9 Å². The zero-order chi connectivity index (χ0) is 27.0. The Labute approximate surface area is 214 Å². The maximum atomic E-state index is 14.0. The van der Waals surface area contributed by atoms with E-state index in [1.807, 2.05) is 0 Å². The van der Waals surface area contributed by atoms with Crippen molar-refractivity contribution in [1.29, 1.82) is 0 Å². The molecule has 0 saturated carbocycles. The van der Waals surface area contributed by atoms with Gasteiger partial charge in [0, 0.05) is 32.8 Å². The molecule has 3 N–H and O–H groups in total. The Morgan fingerprint density at radius 2 is 1.79 bits per heavy atom. The van der Waals surface area contributed by atoms with Gasteiger partial charge in [-0.25, -0.2) is 14.2 Å². The summed E-state index contributed by atoms with van der Waals surface area (Å²) in [6.45, 7) is -0.906. The lowest BCUT2D eigenvalue weighted by molar-refractivity contribution is -0.199. The van der Waals surface area contributed by atoms with Gasteiger partial charge in [-0.05, 0) is 48.5 Å². The van der Waals surface area contributed by atoms with Crippen LogP contribution in [-0.2, 0) is 9.53 Å². The summed E-state index contributed by atoms with van der Waals surface area (Å²) in [5, 5.41) is 4.87. The molecular formula is C25H16F4N4O4S. The summed E-state index contributed by atoms with van der Waals surface area (Å²) in [7, 11) is 0. The average molecular weight is 544 g/mol. The molecule has 194 valence electrons. The van der Waals surface area contributed by atoms with Crippen LogP contribution in [0.5, 0.6) is 0 Å². The van der Waals surface area contributed by atoms with Crippen LogP contribution < -0.4 is 10.9 Å². The monoisotopic (exact) mass is 544 g/mol. The standard InChI is InChI=1S/C25H16F4N4O4S/c26-13-3-6-15-17(11-13)18-16(7-8-30-22(18)35)20-19(15)32-24(33-20)38-14-4-1-12(2-5-14)21(34)31-9-10-37-23(36)25(27,28)29/h1-8,11H,9-10H2,(H,30,35)(H,31,34)(H,32,33). The van der Waals surface area contributed by atoms with Crippen molar-refractivity contribution in [2.45, 2.75) is 16.2 Å².